The maximum Gasteiger partial charge on any atom is 0.416 e. The molecule has 172 valence electrons. The Morgan fingerprint density at radius 2 is 1.30 bits per heavy atom. The molecule has 33 heavy (non-hydrogen) atoms. The number of nitrogens with one attached hydrogen (secondary N) is 2. The van der Waals surface area contributed by atoms with E-state index in [0.29, 0.717) is 5.69 Å². The molecule has 4 rings (SSSR count). The van der Waals surface area contributed by atoms with Gasteiger partial charge in [-0.25, -0.2) is 4.79 Å². The Kier molecular flexibility index (Phi) is 6.84. The molecule has 0 aromatic heterocycles. The standard InChI is InChI=1S/C25H25F3N4O/c26-25(27,28)20-6-8-21(9-7-20)29-24(33)30-22-10-12-23(13-11-22)32-16-14-31(15-17-32)18-19-4-2-1-3-5-19/h1-13H,14-18H2,(H2,29,30,33). The smallest absolute Gasteiger partial charge is 0.369 e. The van der Waals surface area contributed by atoms with Crippen LogP contribution in [-0.2, 0) is 12.7 Å². The molecule has 3 aromatic rings. The first kappa shape index (κ1) is 22.7. The fraction of sp³-hybridized carbons (Fsp3) is 0.240. The van der Waals surface area contributed by atoms with Gasteiger partial charge in [0.1, 0.15) is 0 Å². The first-order valence-corrected chi connectivity index (χ1v) is 10.7. The van der Waals surface area contributed by atoms with Gasteiger partial charge in [0.25, 0.3) is 0 Å². The van der Waals surface area contributed by atoms with Gasteiger partial charge in [0, 0.05) is 49.8 Å². The third-order valence-electron chi connectivity index (χ3n) is 5.58. The Balaban J connectivity index is 1.26. The monoisotopic (exact) mass is 454 g/mol. The lowest BCUT2D eigenvalue weighted by Gasteiger charge is -2.36. The summed E-state index contributed by atoms with van der Waals surface area (Å²) in [6.07, 6.45) is -4.41. The number of urea groups is 1. The summed E-state index contributed by atoms with van der Waals surface area (Å²) in [5.74, 6) is 0. The van der Waals surface area contributed by atoms with Crippen molar-refractivity contribution in [1.29, 1.82) is 0 Å². The number of alkyl halides is 3. The predicted octanol–water partition coefficient (Wildman–Crippen LogP) is 5.67. The first-order valence-electron chi connectivity index (χ1n) is 10.7. The van der Waals surface area contributed by atoms with E-state index < -0.39 is 17.8 Å². The number of hydrogen-bond donors (Lipinski definition) is 2. The van der Waals surface area contributed by atoms with Gasteiger partial charge in [-0.05, 0) is 54.1 Å². The molecule has 0 aliphatic carbocycles. The first-order chi connectivity index (χ1) is 15.9. The highest BCUT2D eigenvalue weighted by Gasteiger charge is 2.30. The van der Waals surface area contributed by atoms with Gasteiger partial charge in [-0.2, -0.15) is 13.2 Å². The molecule has 8 heteroatoms. The molecule has 2 N–H and O–H groups in total. The average molecular weight is 454 g/mol. The number of anilines is 3. The van der Waals surface area contributed by atoms with Gasteiger partial charge in [0.05, 0.1) is 5.56 Å². The summed E-state index contributed by atoms with van der Waals surface area (Å²) in [6.45, 7) is 4.75. The van der Waals surface area contributed by atoms with Gasteiger partial charge >= 0.3 is 12.2 Å². The fourth-order valence-corrected chi connectivity index (χ4v) is 3.80. The molecule has 1 aliphatic rings. The third-order valence-corrected chi connectivity index (χ3v) is 5.58. The van der Waals surface area contributed by atoms with Crippen LogP contribution in [0.1, 0.15) is 11.1 Å². The minimum atomic E-state index is -4.41. The molecule has 0 bridgehead atoms. The second-order valence-corrected chi connectivity index (χ2v) is 7.95. The summed E-state index contributed by atoms with van der Waals surface area (Å²) in [6, 6.07) is 21.8. The van der Waals surface area contributed by atoms with Crippen molar-refractivity contribution in [2.45, 2.75) is 12.7 Å². The number of piperazine rings is 1. The van der Waals surface area contributed by atoms with E-state index in [1.165, 1.54) is 17.7 Å². The van der Waals surface area contributed by atoms with E-state index in [1.54, 1.807) is 0 Å². The van der Waals surface area contributed by atoms with Gasteiger partial charge in [0.2, 0.25) is 0 Å². The molecule has 0 unspecified atom stereocenters. The molecule has 0 radical (unpaired) electrons. The second kappa shape index (κ2) is 9.95. The van der Waals surface area contributed by atoms with Crippen molar-refractivity contribution in [3.8, 4) is 0 Å². The molecule has 1 fully saturated rings. The summed E-state index contributed by atoms with van der Waals surface area (Å²) < 4.78 is 37.9. The van der Waals surface area contributed by atoms with Crippen molar-refractivity contribution in [2.75, 3.05) is 41.7 Å². The predicted molar refractivity (Wildman–Crippen MR) is 124 cm³/mol. The van der Waals surface area contributed by atoms with Crippen LogP contribution in [0.5, 0.6) is 0 Å². The summed E-state index contributed by atoms with van der Waals surface area (Å²) in [7, 11) is 0. The molecule has 1 heterocycles. The number of rotatable bonds is 5. The zero-order chi connectivity index (χ0) is 23.3. The Morgan fingerprint density at radius 1 is 0.758 bits per heavy atom. The van der Waals surface area contributed by atoms with E-state index >= 15 is 0 Å². The SMILES string of the molecule is O=C(Nc1ccc(N2CCN(Cc3ccccc3)CC2)cc1)Nc1ccc(C(F)(F)F)cc1. The molecule has 0 saturated carbocycles. The summed E-state index contributed by atoms with van der Waals surface area (Å²) >= 11 is 0. The Labute approximate surface area is 190 Å². The zero-order valence-corrected chi connectivity index (χ0v) is 18.0. The van der Waals surface area contributed by atoms with Crippen LogP contribution in [0.4, 0.5) is 35.0 Å². The summed E-state index contributed by atoms with van der Waals surface area (Å²) in [4.78, 5) is 16.9. The Morgan fingerprint density at radius 3 is 1.85 bits per heavy atom. The minimum Gasteiger partial charge on any atom is -0.369 e. The molecule has 1 saturated heterocycles. The molecule has 0 spiro atoms. The molecule has 0 atom stereocenters. The highest BCUT2D eigenvalue weighted by molar-refractivity contribution is 5.99. The lowest BCUT2D eigenvalue weighted by Crippen LogP contribution is -2.45. The van der Waals surface area contributed by atoms with Crippen LogP contribution in [0.15, 0.2) is 78.9 Å². The van der Waals surface area contributed by atoms with Crippen molar-refractivity contribution in [3.63, 3.8) is 0 Å². The largest absolute Gasteiger partial charge is 0.416 e. The zero-order valence-electron chi connectivity index (χ0n) is 18.0. The van der Waals surface area contributed by atoms with Gasteiger partial charge in [-0.3, -0.25) is 4.90 Å². The van der Waals surface area contributed by atoms with E-state index in [0.717, 1.165) is 50.5 Å². The van der Waals surface area contributed by atoms with Crippen molar-refractivity contribution < 1.29 is 18.0 Å². The number of amides is 2. The molecule has 3 aromatic carbocycles. The summed E-state index contributed by atoms with van der Waals surface area (Å²) in [5, 5.41) is 5.24. The van der Waals surface area contributed by atoms with E-state index in [2.05, 4.69) is 44.7 Å². The number of nitrogens with zero attached hydrogens (tertiary/aromatic N) is 2. The van der Waals surface area contributed by atoms with Crippen LogP contribution in [0.3, 0.4) is 0 Å². The maximum atomic E-state index is 12.6. The van der Waals surface area contributed by atoms with Crippen LogP contribution in [0.2, 0.25) is 0 Å². The van der Waals surface area contributed by atoms with Crippen LogP contribution >= 0.6 is 0 Å². The highest BCUT2D eigenvalue weighted by Crippen LogP contribution is 2.30. The Hall–Kier alpha value is -3.52. The lowest BCUT2D eigenvalue weighted by molar-refractivity contribution is -0.137. The quantitative estimate of drug-likeness (QED) is 0.522. The van der Waals surface area contributed by atoms with Crippen LogP contribution in [-0.4, -0.2) is 37.1 Å². The Bertz CT molecular complexity index is 1050. The minimum absolute atomic E-state index is 0.283. The van der Waals surface area contributed by atoms with Crippen LogP contribution in [0, 0.1) is 0 Å². The van der Waals surface area contributed by atoms with Crippen molar-refractivity contribution >= 4 is 23.1 Å². The van der Waals surface area contributed by atoms with Crippen molar-refractivity contribution in [2.24, 2.45) is 0 Å². The van der Waals surface area contributed by atoms with Crippen LogP contribution < -0.4 is 15.5 Å². The van der Waals surface area contributed by atoms with Crippen LogP contribution in [0.25, 0.3) is 0 Å². The maximum absolute atomic E-state index is 12.6. The van der Waals surface area contributed by atoms with E-state index in [-0.39, 0.29) is 5.69 Å². The van der Waals surface area contributed by atoms with Gasteiger partial charge in [0.15, 0.2) is 0 Å². The van der Waals surface area contributed by atoms with E-state index in [9.17, 15) is 18.0 Å². The normalized spacial score (nSPS) is 14.7. The van der Waals surface area contributed by atoms with Gasteiger partial charge in [-0.1, -0.05) is 30.3 Å². The van der Waals surface area contributed by atoms with Crippen molar-refractivity contribution in [1.82, 2.24) is 4.90 Å². The molecular weight excluding hydrogens is 429 g/mol. The van der Waals surface area contributed by atoms with Crippen molar-refractivity contribution in [3.05, 3.63) is 90.0 Å². The molecule has 2 amide bonds. The number of hydrogen-bond acceptors (Lipinski definition) is 3. The molecular formula is C25H25F3N4O. The van der Waals surface area contributed by atoms with Gasteiger partial charge < -0.3 is 15.5 Å². The number of carbonyl (C=O) groups is 1. The summed E-state index contributed by atoms with van der Waals surface area (Å²) in [5.41, 5.74) is 2.53. The number of halogens is 3. The van der Waals surface area contributed by atoms with E-state index in [1.807, 2.05) is 30.3 Å². The average Bonchev–Trinajstić information content (AvgIpc) is 2.81. The van der Waals surface area contributed by atoms with E-state index in [4.69, 9.17) is 0 Å². The lowest BCUT2D eigenvalue weighted by atomic mass is 10.2. The third kappa shape index (κ3) is 6.26. The molecule has 5 nitrogen and oxygen atoms in total. The molecule has 1 aliphatic heterocycles. The topological polar surface area (TPSA) is 47.6 Å². The fourth-order valence-electron chi connectivity index (χ4n) is 3.80. The van der Waals surface area contributed by atoms with Gasteiger partial charge in [-0.15, -0.1) is 0 Å². The number of benzene rings is 3. The second-order valence-electron chi connectivity index (χ2n) is 7.95. The highest BCUT2D eigenvalue weighted by atomic mass is 19.4. The number of carbonyl (C=O) groups excluding carboxylic acids is 1.